The molecule has 0 N–H and O–H groups in total. The summed E-state index contributed by atoms with van der Waals surface area (Å²) in [6.45, 7) is 11.0. The topological polar surface area (TPSA) is 3.24 Å². The van der Waals surface area contributed by atoms with Crippen LogP contribution in [0.5, 0.6) is 0 Å². The lowest BCUT2D eigenvalue weighted by Gasteiger charge is -2.26. The molecule has 0 radical (unpaired) electrons. The Hall–Kier alpha value is -0.0831. The monoisotopic (exact) mass is 239 g/mol. The molecule has 0 aromatic heterocycles. The van der Waals surface area contributed by atoms with Gasteiger partial charge in [-0.25, -0.2) is 0 Å². The van der Waals surface area contributed by atoms with E-state index in [4.69, 9.17) is 0 Å². The van der Waals surface area contributed by atoms with Crippen molar-refractivity contribution in [3.05, 3.63) is 11.8 Å². The average molecular weight is 239 g/mol. The minimum absolute atomic E-state index is 1.02. The van der Waals surface area contributed by atoms with Crippen LogP contribution in [0.4, 0.5) is 0 Å². The van der Waals surface area contributed by atoms with E-state index in [0.717, 1.165) is 0 Å². The summed E-state index contributed by atoms with van der Waals surface area (Å²) >= 11 is 0. The summed E-state index contributed by atoms with van der Waals surface area (Å²) in [5.74, 6) is 0. The zero-order chi connectivity index (χ0) is 11.9. The molecule has 1 aliphatic heterocycles. The summed E-state index contributed by atoms with van der Waals surface area (Å²) in [6.07, 6.45) is 6.59. The van der Waals surface area contributed by atoms with Crippen molar-refractivity contribution in [2.75, 3.05) is 19.6 Å². The van der Waals surface area contributed by atoms with Gasteiger partial charge in [0.1, 0.15) is 0 Å². The molecule has 2 heteroatoms. The molecule has 94 valence electrons. The van der Waals surface area contributed by atoms with Gasteiger partial charge in [-0.15, -0.1) is 0 Å². The van der Waals surface area contributed by atoms with Crippen LogP contribution in [0, 0.1) is 0 Å². The lowest BCUT2D eigenvalue weighted by Crippen LogP contribution is -2.31. The normalized spacial score (nSPS) is 18.7. The van der Waals surface area contributed by atoms with Crippen molar-refractivity contribution in [3.63, 3.8) is 0 Å². The smallest absolute Gasteiger partial charge is 0.0769 e. The highest BCUT2D eigenvalue weighted by Gasteiger charge is 2.25. The molecule has 1 rings (SSSR count). The lowest BCUT2D eigenvalue weighted by molar-refractivity contribution is 0.339. The molecule has 1 nitrogen and oxygen atoms in total. The zero-order valence-electron chi connectivity index (χ0n) is 11.5. The van der Waals surface area contributed by atoms with E-state index in [1.54, 1.807) is 0 Å². The second kappa shape index (κ2) is 7.28. The fourth-order valence-electron chi connectivity index (χ4n) is 2.94. The standard InChI is InChI=1S/C14H29NSi/c1-4-13-16(5-2,6-3)14-9-12-15-10-7-8-11-15/h4,13H,5-12,14H2,1-3H3/b13-4-. The average Bonchev–Trinajstić information content (AvgIpc) is 2.81. The van der Waals surface area contributed by atoms with Gasteiger partial charge in [0, 0.05) is 0 Å². The summed E-state index contributed by atoms with van der Waals surface area (Å²) in [7, 11) is -1.02. The molecule has 1 fully saturated rings. The molecule has 0 spiro atoms. The van der Waals surface area contributed by atoms with Gasteiger partial charge in [-0.3, -0.25) is 0 Å². The molecule has 0 amide bonds. The first-order chi connectivity index (χ1) is 7.76. The van der Waals surface area contributed by atoms with Gasteiger partial charge in [0.25, 0.3) is 0 Å². The quantitative estimate of drug-likeness (QED) is 0.605. The third-order valence-corrected chi connectivity index (χ3v) is 9.48. The molecular formula is C14H29NSi. The van der Waals surface area contributed by atoms with E-state index < -0.39 is 8.07 Å². The highest BCUT2D eigenvalue weighted by molar-refractivity contribution is 6.84. The third-order valence-electron chi connectivity index (χ3n) is 4.28. The number of likely N-dealkylation sites (tertiary alicyclic amines) is 1. The summed E-state index contributed by atoms with van der Waals surface area (Å²) in [5.41, 5.74) is 2.58. The third kappa shape index (κ3) is 4.06. The van der Waals surface area contributed by atoms with Crippen LogP contribution in [0.1, 0.15) is 40.0 Å². The Balaban J connectivity index is 2.31. The molecule has 1 heterocycles. The van der Waals surface area contributed by atoms with Crippen molar-refractivity contribution in [3.8, 4) is 0 Å². The molecule has 0 aromatic carbocycles. The van der Waals surface area contributed by atoms with E-state index in [1.807, 2.05) is 0 Å². The summed E-state index contributed by atoms with van der Waals surface area (Å²) in [5, 5.41) is 0. The molecule has 0 bridgehead atoms. The van der Waals surface area contributed by atoms with Gasteiger partial charge in [-0.05, 0) is 45.8 Å². The van der Waals surface area contributed by atoms with Crippen LogP contribution in [0.25, 0.3) is 0 Å². The Morgan fingerprint density at radius 2 is 1.75 bits per heavy atom. The second-order valence-electron chi connectivity index (χ2n) is 5.22. The van der Waals surface area contributed by atoms with Gasteiger partial charge in [0.2, 0.25) is 0 Å². The molecule has 0 aromatic rings. The van der Waals surface area contributed by atoms with E-state index in [1.165, 1.54) is 57.0 Å². The van der Waals surface area contributed by atoms with Crippen LogP contribution < -0.4 is 0 Å². The van der Waals surface area contributed by atoms with Gasteiger partial charge in [-0.1, -0.05) is 43.8 Å². The van der Waals surface area contributed by atoms with Crippen molar-refractivity contribution in [2.45, 2.75) is 58.2 Å². The van der Waals surface area contributed by atoms with Crippen LogP contribution >= 0.6 is 0 Å². The molecule has 1 saturated heterocycles. The Kier molecular flexibility index (Phi) is 6.36. The Labute approximate surface area is 103 Å². The molecule has 0 atom stereocenters. The first-order valence-electron chi connectivity index (χ1n) is 7.12. The molecule has 1 aliphatic rings. The summed E-state index contributed by atoms with van der Waals surface area (Å²) in [4.78, 5) is 2.65. The Bertz CT molecular complexity index is 203. The zero-order valence-corrected chi connectivity index (χ0v) is 12.5. The molecule has 0 saturated carbocycles. The summed E-state index contributed by atoms with van der Waals surface area (Å²) < 4.78 is 0. The molecule has 0 aliphatic carbocycles. The Morgan fingerprint density at radius 1 is 1.12 bits per heavy atom. The number of hydrogen-bond acceptors (Lipinski definition) is 1. The maximum atomic E-state index is 2.65. The van der Waals surface area contributed by atoms with E-state index >= 15 is 0 Å². The molecule has 0 unspecified atom stereocenters. The van der Waals surface area contributed by atoms with Gasteiger partial charge in [-0.2, -0.15) is 0 Å². The van der Waals surface area contributed by atoms with Crippen molar-refractivity contribution in [2.24, 2.45) is 0 Å². The van der Waals surface area contributed by atoms with Crippen LogP contribution in [0.15, 0.2) is 11.8 Å². The van der Waals surface area contributed by atoms with Crippen LogP contribution in [-0.2, 0) is 0 Å². The largest absolute Gasteiger partial charge is 0.303 e. The van der Waals surface area contributed by atoms with Crippen molar-refractivity contribution in [1.82, 2.24) is 4.90 Å². The number of hydrogen-bond donors (Lipinski definition) is 0. The van der Waals surface area contributed by atoms with E-state index in [0.29, 0.717) is 0 Å². The highest BCUT2D eigenvalue weighted by atomic mass is 28.3. The molecule has 16 heavy (non-hydrogen) atoms. The number of rotatable bonds is 7. The lowest BCUT2D eigenvalue weighted by atomic mass is 10.4. The first kappa shape index (κ1) is 14.0. The van der Waals surface area contributed by atoms with Crippen LogP contribution in [0.2, 0.25) is 18.1 Å². The minimum Gasteiger partial charge on any atom is -0.303 e. The van der Waals surface area contributed by atoms with E-state index in [9.17, 15) is 0 Å². The summed E-state index contributed by atoms with van der Waals surface area (Å²) in [6, 6.07) is 4.35. The van der Waals surface area contributed by atoms with Gasteiger partial charge < -0.3 is 4.90 Å². The maximum absolute atomic E-state index is 2.65. The Morgan fingerprint density at radius 3 is 2.25 bits per heavy atom. The van der Waals surface area contributed by atoms with Crippen LogP contribution in [-0.4, -0.2) is 32.6 Å². The highest BCUT2D eigenvalue weighted by Crippen LogP contribution is 2.24. The number of allylic oxidation sites excluding steroid dienone is 1. The SMILES string of the molecule is C/C=C\[Si](CC)(CC)CCCN1CCCC1. The van der Waals surface area contributed by atoms with Crippen molar-refractivity contribution in [1.29, 1.82) is 0 Å². The predicted molar refractivity (Wildman–Crippen MR) is 76.6 cm³/mol. The minimum atomic E-state index is -1.02. The van der Waals surface area contributed by atoms with E-state index in [-0.39, 0.29) is 0 Å². The fourth-order valence-corrected chi connectivity index (χ4v) is 6.35. The van der Waals surface area contributed by atoms with Crippen molar-refractivity contribution < 1.29 is 0 Å². The number of nitrogens with zero attached hydrogens (tertiary/aromatic N) is 1. The maximum Gasteiger partial charge on any atom is 0.0769 e. The van der Waals surface area contributed by atoms with Gasteiger partial charge >= 0.3 is 0 Å². The predicted octanol–water partition coefficient (Wildman–Crippen LogP) is 4.08. The second-order valence-corrected chi connectivity index (χ2v) is 10.2. The molecular weight excluding hydrogens is 210 g/mol. The van der Waals surface area contributed by atoms with Crippen LogP contribution in [0.3, 0.4) is 0 Å². The first-order valence-corrected chi connectivity index (χ1v) is 9.82. The van der Waals surface area contributed by atoms with Gasteiger partial charge in [0.05, 0.1) is 8.07 Å². The van der Waals surface area contributed by atoms with Crippen molar-refractivity contribution >= 4 is 8.07 Å². The van der Waals surface area contributed by atoms with Gasteiger partial charge in [0.15, 0.2) is 0 Å². The van der Waals surface area contributed by atoms with E-state index in [2.05, 4.69) is 37.4 Å². The fraction of sp³-hybridized carbons (Fsp3) is 0.857.